The van der Waals surface area contributed by atoms with Gasteiger partial charge < -0.3 is 21.3 Å². The van der Waals surface area contributed by atoms with Gasteiger partial charge in [-0.1, -0.05) is 0 Å². The summed E-state index contributed by atoms with van der Waals surface area (Å²) in [5, 5.41) is 8.35. The molecule has 5 N–H and O–H groups in total. The summed E-state index contributed by atoms with van der Waals surface area (Å²) in [7, 11) is 1.38. The van der Waals surface area contributed by atoms with E-state index in [1.54, 1.807) is 0 Å². The minimum atomic E-state index is -1.10. The Morgan fingerprint density at radius 2 is 2.30 bits per heavy atom. The second-order valence-electron chi connectivity index (χ2n) is 1.87. The highest BCUT2D eigenvalue weighted by molar-refractivity contribution is 5.73. The molecule has 10 heavy (non-hydrogen) atoms. The molecule has 0 aliphatic rings. The number of carboxylic acid groups (broad SMARTS) is 1. The van der Waals surface area contributed by atoms with Gasteiger partial charge in [0.05, 0.1) is 6.10 Å². The predicted molar refractivity (Wildman–Crippen MR) is 35.5 cm³/mol. The highest BCUT2D eigenvalue weighted by Gasteiger charge is 2.21. The summed E-state index contributed by atoms with van der Waals surface area (Å²) in [6, 6.07) is -1.03. The molecule has 0 saturated carbocycles. The first-order chi connectivity index (χ1) is 4.63. The van der Waals surface area contributed by atoms with E-state index in [0.717, 1.165) is 0 Å². The predicted octanol–water partition coefficient (Wildman–Crippen LogP) is -1.63. The lowest BCUT2D eigenvalue weighted by Crippen LogP contribution is -2.46. The Labute approximate surface area is 58.9 Å². The van der Waals surface area contributed by atoms with Gasteiger partial charge in [-0.3, -0.25) is 4.79 Å². The molecule has 0 fully saturated rings. The van der Waals surface area contributed by atoms with E-state index >= 15 is 0 Å². The third kappa shape index (κ3) is 2.30. The smallest absolute Gasteiger partial charge is 0.323 e. The van der Waals surface area contributed by atoms with Crippen LogP contribution in [0.4, 0.5) is 0 Å². The molecule has 0 amide bonds. The number of carbonyl (C=O) groups is 1. The Hall–Kier alpha value is -0.650. The molecule has 0 bridgehead atoms. The Bertz CT molecular complexity index is 113. The first-order valence-corrected chi connectivity index (χ1v) is 2.84. The van der Waals surface area contributed by atoms with Crippen molar-refractivity contribution in [2.24, 2.45) is 11.5 Å². The van der Waals surface area contributed by atoms with Crippen LogP contribution in [-0.4, -0.2) is 36.9 Å². The van der Waals surface area contributed by atoms with E-state index in [1.807, 2.05) is 0 Å². The van der Waals surface area contributed by atoms with Gasteiger partial charge in [0.25, 0.3) is 0 Å². The molecule has 0 radical (unpaired) electrons. The fourth-order valence-corrected chi connectivity index (χ4v) is 0.548. The van der Waals surface area contributed by atoms with Crippen LogP contribution in [0.2, 0.25) is 0 Å². The summed E-state index contributed by atoms with van der Waals surface area (Å²) in [5.74, 6) is -1.10. The zero-order valence-electron chi connectivity index (χ0n) is 5.78. The fourth-order valence-electron chi connectivity index (χ4n) is 0.548. The molecule has 0 aliphatic heterocycles. The molecule has 0 saturated heterocycles. The number of nitrogens with two attached hydrogens (primary N) is 2. The molecule has 2 atom stereocenters. The molecule has 2 unspecified atom stereocenters. The summed E-state index contributed by atoms with van der Waals surface area (Å²) in [5.41, 5.74) is 10.3. The van der Waals surface area contributed by atoms with Gasteiger partial charge in [0, 0.05) is 13.7 Å². The van der Waals surface area contributed by atoms with Gasteiger partial charge in [-0.2, -0.15) is 0 Å². The number of carboxylic acids is 1. The maximum atomic E-state index is 10.2. The van der Waals surface area contributed by atoms with Gasteiger partial charge in [-0.25, -0.2) is 0 Å². The standard InChI is InChI=1S/C5H12N2O3/c1-10-3(2-6)4(7)5(8)9/h3-4H,2,6-7H2,1H3,(H,8,9). The molecule has 0 aromatic rings. The number of aliphatic carboxylic acids is 1. The molecule has 5 heteroatoms. The van der Waals surface area contributed by atoms with Crippen LogP contribution in [0.5, 0.6) is 0 Å². The molecule has 0 spiro atoms. The number of hydrogen-bond acceptors (Lipinski definition) is 4. The quantitative estimate of drug-likeness (QED) is 0.444. The lowest BCUT2D eigenvalue weighted by molar-refractivity contribution is -0.141. The first kappa shape index (κ1) is 9.35. The molecule has 60 valence electrons. The number of ether oxygens (including phenoxy) is 1. The highest BCUT2D eigenvalue weighted by Crippen LogP contribution is 1.92. The monoisotopic (exact) mass is 148 g/mol. The molecule has 0 rings (SSSR count). The Balaban J connectivity index is 3.88. The maximum Gasteiger partial charge on any atom is 0.323 e. The second-order valence-corrected chi connectivity index (χ2v) is 1.87. The van der Waals surface area contributed by atoms with Crippen LogP contribution in [0.25, 0.3) is 0 Å². The number of rotatable bonds is 4. The topological polar surface area (TPSA) is 98.6 Å². The van der Waals surface area contributed by atoms with Crippen molar-refractivity contribution in [3.8, 4) is 0 Å². The molecule has 0 heterocycles. The van der Waals surface area contributed by atoms with Crippen LogP contribution >= 0.6 is 0 Å². The Kier molecular flexibility index (Phi) is 3.94. The largest absolute Gasteiger partial charge is 0.480 e. The highest BCUT2D eigenvalue weighted by atomic mass is 16.5. The van der Waals surface area contributed by atoms with Crippen LogP contribution in [-0.2, 0) is 9.53 Å². The molecular formula is C5H12N2O3. The van der Waals surface area contributed by atoms with E-state index in [1.165, 1.54) is 7.11 Å². The SMILES string of the molecule is COC(CN)C(N)C(=O)O. The van der Waals surface area contributed by atoms with Crippen LogP contribution in [0.3, 0.4) is 0 Å². The average molecular weight is 148 g/mol. The number of hydrogen-bond donors (Lipinski definition) is 3. The minimum Gasteiger partial charge on any atom is -0.480 e. The van der Waals surface area contributed by atoms with E-state index in [4.69, 9.17) is 21.3 Å². The Morgan fingerprint density at radius 1 is 1.80 bits per heavy atom. The van der Waals surface area contributed by atoms with Gasteiger partial charge in [0.2, 0.25) is 0 Å². The third-order valence-corrected chi connectivity index (χ3v) is 1.22. The summed E-state index contributed by atoms with van der Waals surface area (Å²) in [6.45, 7) is 0.115. The lowest BCUT2D eigenvalue weighted by Gasteiger charge is -2.16. The van der Waals surface area contributed by atoms with Crippen molar-refractivity contribution in [2.45, 2.75) is 12.1 Å². The van der Waals surface area contributed by atoms with Crippen LogP contribution in [0, 0.1) is 0 Å². The first-order valence-electron chi connectivity index (χ1n) is 2.84. The van der Waals surface area contributed by atoms with Crippen LogP contribution in [0.15, 0.2) is 0 Å². The third-order valence-electron chi connectivity index (χ3n) is 1.22. The van der Waals surface area contributed by atoms with Gasteiger partial charge in [0.1, 0.15) is 6.04 Å². The van der Waals surface area contributed by atoms with Crippen molar-refractivity contribution in [2.75, 3.05) is 13.7 Å². The zero-order chi connectivity index (χ0) is 8.15. The van der Waals surface area contributed by atoms with Crippen LogP contribution < -0.4 is 11.5 Å². The summed E-state index contributed by atoms with van der Waals surface area (Å²) in [6.07, 6.45) is -0.600. The van der Waals surface area contributed by atoms with Gasteiger partial charge in [-0.05, 0) is 0 Å². The van der Waals surface area contributed by atoms with E-state index in [0.29, 0.717) is 0 Å². The zero-order valence-corrected chi connectivity index (χ0v) is 5.78. The Morgan fingerprint density at radius 3 is 2.40 bits per heavy atom. The molecule has 0 aliphatic carbocycles. The maximum absolute atomic E-state index is 10.2. The second kappa shape index (κ2) is 4.21. The number of methoxy groups -OCH3 is 1. The molecule has 5 nitrogen and oxygen atoms in total. The van der Waals surface area contributed by atoms with Crippen LogP contribution in [0.1, 0.15) is 0 Å². The van der Waals surface area contributed by atoms with Crippen molar-refractivity contribution in [1.82, 2.24) is 0 Å². The van der Waals surface area contributed by atoms with Crippen molar-refractivity contribution in [3.05, 3.63) is 0 Å². The van der Waals surface area contributed by atoms with E-state index in [9.17, 15) is 4.79 Å². The van der Waals surface area contributed by atoms with Gasteiger partial charge >= 0.3 is 5.97 Å². The van der Waals surface area contributed by atoms with E-state index in [2.05, 4.69) is 0 Å². The fraction of sp³-hybridized carbons (Fsp3) is 0.800. The lowest BCUT2D eigenvalue weighted by atomic mass is 10.2. The minimum absolute atomic E-state index is 0.115. The normalized spacial score (nSPS) is 16.3. The average Bonchev–Trinajstić information content (AvgIpc) is 1.90. The molecule has 0 aromatic heterocycles. The van der Waals surface area contributed by atoms with E-state index in [-0.39, 0.29) is 6.54 Å². The van der Waals surface area contributed by atoms with Crippen molar-refractivity contribution >= 4 is 5.97 Å². The molecule has 0 aromatic carbocycles. The van der Waals surface area contributed by atoms with Gasteiger partial charge in [0.15, 0.2) is 0 Å². The summed E-state index contributed by atoms with van der Waals surface area (Å²) in [4.78, 5) is 10.2. The van der Waals surface area contributed by atoms with Crippen molar-refractivity contribution < 1.29 is 14.6 Å². The molecular weight excluding hydrogens is 136 g/mol. The summed E-state index contributed by atoms with van der Waals surface area (Å²) < 4.78 is 4.69. The van der Waals surface area contributed by atoms with Crippen molar-refractivity contribution in [1.29, 1.82) is 0 Å². The summed E-state index contributed by atoms with van der Waals surface area (Å²) >= 11 is 0. The van der Waals surface area contributed by atoms with E-state index < -0.39 is 18.1 Å². The van der Waals surface area contributed by atoms with Crippen molar-refractivity contribution in [3.63, 3.8) is 0 Å². The van der Waals surface area contributed by atoms with Gasteiger partial charge in [-0.15, -0.1) is 0 Å².